The van der Waals surface area contributed by atoms with Crippen molar-refractivity contribution in [1.82, 2.24) is 20.4 Å². The molecule has 62 heavy (non-hydrogen) atoms. The molecule has 3 saturated heterocycles. The minimum atomic E-state index is -0.802. The van der Waals surface area contributed by atoms with E-state index >= 15 is 0 Å². The van der Waals surface area contributed by atoms with Crippen LogP contribution in [-0.2, 0) is 29.3 Å². The predicted octanol–water partition coefficient (Wildman–Crippen LogP) is 7.55. The molecule has 3 aliphatic heterocycles. The van der Waals surface area contributed by atoms with Gasteiger partial charge in [-0.25, -0.2) is 4.79 Å². The van der Waals surface area contributed by atoms with E-state index in [2.05, 4.69) is 95.5 Å². The number of methoxy groups -OCH3 is 1. The average Bonchev–Trinajstić information content (AvgIpc) is 4.04. The first-order chi connectivity index (χ1) is 29.5. The highest BCUT2D eigenvalue weighted by atomic mass is 16.5. The summed E-state index contributed by atoms with van der Waals surface area (Å²) >= 11 is 0. The van der Waals surface area contributed by atoms with Crippen LogP contribution in [0.3, 0.4) is 0 Å². The van der Waals surface area contributed by atoms with Crippen LogP contribution in [0.25, 0.3) is 0 Å². The highest BCUT2D eigenvalue weighted by Crippen LogP contribution is 2.47. The standard InChI is InChI=1S/C49H67N7O6/c1-30(2)42(50-8)46(59)54-28-10-12-40(54)44(57)51-35-20-14-32(15-21-35)38-26-27-39(56(38)37-24-18-34(19-25-37)49(5,6)7)33-16-22-36(23-17-33)52-45(58)41-13-11-29-55(41)47(60)43(31(3)4)53-48(61)62-9/h14-25,30-31,38-43,50H,10-13,26-29H2,1-9H3,(H,51,57)(H,52,58)(H,53,61)/t38-,39-,40-,41-,42-,43-/m0/s1. The molecule has 0 radical (unpaired) electrons. The second-order valence-corrected chi connectivity index (χ2v) is 18.8. The number of nitrogens with zero attached hydrogens (tertiary/aromatic N) is 3. The highest BCUT2D eigenvalue weighted by molar-refractivity contribution is 5.99. The van der Waals surface area contributed by atoms with E-state index in [1.807, 2.05) is 52.0 Å². The second-order valence-electron chi connectivity index (χ2n) is 18.8. The van der Waals surface area contributed by atoms with Gasteiger partial charge < -0.3 is 40.7 Å². The Morgan fingerprint density at radius 3 is 1.45 bits per heavy atom. The Balaban J connectivity index is 1.17. The molecular weight excluding hydrogens is 783 g/mol. The number of nitrogens with one attached hydrogen (secondary N) is 4. The lowest BCUT2D eigenvalue weighted by Gasteiger charge is -2.34. The van der Waals surface area contributed by atoms with Crippen molar-refractivity contribution < 1.29 is 28.7 Å². The van der Waals surface area contributed by atoms with Gasteiger partial charge in [-0.1, -0.05) is 84.9 Å². The topological polar surface area (TPSA) is 152 Å². The molecule has 13 nitrogen and oxygen atoms in total. The molecule has 3 aliphatic rings. The van der Waals surface area contributed by atoms with Crippen molar-refractivity contribution in [2.75, 3.05) is 42.8 Å². The Labute approximate surface area is 367 Å². The number of benzene rings is 3. The minimum Gasteiger partial charge on any atom is -0.453 e. The van der Waals surface area contributed by atoms with Crippen LogP contribution in [0.2, 0.25) is 0 Å². The first-order valence-corrected chi connectivity index (χ1v) is 22.4. The van der Waals surface area contributed by atoms with Crippen molar-refractivity contribution in [3.05, 3.63) is 89.5 Å². The molecule has 3 heterocycles. The van der Waals surface area contributed by atoms with E-state index in [0.29, 0.717) is 43.7 Å². The Morgan fingerprint density at radius 1 is 0.629 bits per heavy atom. The molecular formula is C49H67N7O6. The largest absolute Gasteiger partial charge is 0.453 e. The van der Waals surface area contributed by atoms with Crippen LogP contribution in [0.1, 0.15) is 116 Å². The number of amides is 5. The van der Waals surface area contributed by atoms with Gasteiger partial charge in [-0.3, -0.25) is 19.2 Å². The van der Waals surface area contributed by atoms with Gasteiger partial charge in [0.25, 0.3) is 0 Å². The molecule has 0 aliphatic carbocycles. The van der Waals surface area contributed by atoms with Crippen molar-refractivity contribution >= 4 is 46.8 Å². The molecule has 13 heteroatoms. The lowest BCUT2D eigenvalue weighted by molar-refractivity contribution is -0.139. The van der Waals surface area contributed by atoms with Gasteiger partial charge in [-0.15, -0.1) is 0 Å². The van der Waals surface area contributed by atoms with Crippen LogP contribution in [-0.4, -0.2) is 90.9 Å². The van der Waals surface area contributed by atoms with E-state index in [1.54, 1.807) is 16.8 Å². The van der Waals surface area contributed by atoms with Gasteiger partial charge >= 0.3 is 6.09 Å². The summed E-state index contributed by atoms with van der Waals surface area (Å²) in [4.78, 5) is 72.0. The minimum absolute atomic E-state index is 0.00755. The van der Waals surface area contributed by atoms with Gasteiger partial charge in [0.1, 0.15) is 18.1 Å². The zero-order valence-electron chi connectivity index (χ0n) is 38.0. The van der Waals surface area contributed by atoms with Crippen molar-refractivity contribution in [3.63, 3.8) is 0 Å². The lowest BCUT2D eigenvalue weighted by Crippen LogP contribution is -2.54. The quantitative estimate of drug-likeness (QED) is 0.138. The van der Waals surface area contributed by atoms with Crippen LogP contribution in [0.15, 0.2) is 72.8 Å². The van der Waals surface area contributed by atoms with Crippen molar-refractivity contribution in [3.8, 4) is 0 Å². The molecule has 3 fully saturated rings. The van der Waals surface area contributed by atoms with Gasteiger partial charge in [-0.05, 0) is 116 Å². The third-order valence-electron chi connectivity index (χ3n) is 12.9. The molecule has 0 bridgehead atoms. The predicted molar refractivity (Wildman–Crippen MR) is 244 cm³/mol. The Morgan fingerprint density at radius 2 is 1.06 bits per heavy atom. The number of alkyl carbamates (subject to hydrolysis) is 1. The number of hydrogen-bond donors (Lipinski definition) is 4. The Hall–Kier alpha value is -5.43. The number of ether oxygens (including phenoxy) is 1. The zero-order valence-corrected chi connectivity index (χ0v) is 38.0. The number of rotatable bonds is 13. The smallest absolute Gasteiger partial charge is 0.407 e. The first kappa shape index (κ1) is 46.1. The number of likely N-dealkylation sites (N-methyl/N-ethyl adjacent to an activating group) is 1. The maximum atomic E-state index is 13.7. The van der Waals surface area contributed by atoms with Crippen molar-refractivity contribution in [2.24, 2.45) is 11.8 Å². The summed E-state index contributed by atoms with van der Waals surface area (Å²) in [6, 6.07) is 22.8. The van der Waals surface area contributed by atoms with E-state index in [1.165, 1.54) is 12.7 Å². The van der Waals surface area contributed by atoms with Gasteiger partial charge in [0.15, 0.2) is 0 Å². The number of anilines is 3. The molecule has 334 valence electrons. The maximum Gasteiger partial charge on any atom is 0.407 e. The monoisotopic (exact) mass is 850 g/mol. The summed E-state index contributed by atoms with van der Waals surface area (Å²) in [7, 11) is 3.05. The summed E-state index contributed by atoms with van der Waals surface area (Å²) in [5, 5.41) is 11.9. The fourth-order valence-electron chi connectivity index (χ4n) is 9.39. The summed E-state index contributed by atoms with van der Waals surface area (Å²) in [5.41, 5.74) is 5.97. The molecule has 0 unspecified atom stereocenters. The number of likely N-dealkylation sites (tertiary alicyclic amines) is 2. The van der Waals surface area contributed by atoms with Gasteiger partial charge in [0.2, 0.25) is 23.6 Å². The third-order valence-corrected chi connectivity index (χ3v) is 12.9. The number of hydrogen-bond acceptors (Lipinski definition) is 8. The van der Waals surface area contributed by atoms with E-state index in [9.17, 15) is 24.0 Å². The summed E-state index contributed by atoms with van der Waals surface area (Å²) in [6.45, 7) is 15.4. The summed E-state index contributed by atoms with van der Waals surface area (Å²) < 4.78 is 4.75. The van der Waals surface area contributed by atoms with Gasteiger partial charge in [0.05, 0.1) is 25.2 Å². The maximum absolute atomic E-state index is 13.7. The molecule has 4 N–H and O–H groups in total. The third kappa shape index (κ3) is 10.3. The number of carbonyl (C=O) groups is 5. The average molecular weight is 850 g/mol. The van der Waals surface area contributed by atoms with E-state index in [-0.39, 0.29) is 59.0 Å². The zero-order chi connectivity index (χ0) is 44.9. The van der Waals surface area contributed by atoms with E-state index < -0.39 is 24.2 Å². The van der Waals surface area contributed by atoms with Crippen LogP contribution < -0.4 is 26.2 Å². The molecule has 0 saturated carbocycles. The van der Waals surface area contributed by atoms with Crippen LogP contribution >= 0.6 is 0 Å². The summed E-state index contributed by atoms with van der Waals surface area (Å²) in [6.07, 6.45) is 3.79. The highest BCUT2D eigenvalue weighted by Gasteiger charge is 2.40. The lowest BCUT2D eigenvalue weighted by atomic mass is 9.87. The van der Waals surface area contributed by atoms with E-state index in [0.717, 1.165) is 36.1 Å². The van der Waals surface area contributed by atoms with Crippen LogP contribution in [0.4, 0.5) is 21.9 Å². The number of carbonyl (C=O) groups excluding carboxylic acids is 5. The summed E-state index contributed by atoms with van der Waals surface area (Å²) in [5.74, 6) is -0.821. The molecule has 0 spiro atoms. The SMILES string of the molecule is CN[C@H](C(=O)N1CCC[C@H]1C(=O)Nc1ccc([C@@H]2CC[C@@H](c3ccc(NC(=O)[C@@H]4CCCN4C(=O)[C@@H](NC(=O)OC)C(C)C)cc3)N2c2ccc(C(C)(C)C)cc2)cc1)C(C)C. The molecule has 6 atom stereocenters. The fourth-order valence-corrected chi connectivity index (χ4v) is 9.39. The van der Waals surface area contributed by atoms with Crippen LogP contribution in [0, 0.1) is 11.8 Å². The Bertz CT molecular complexity index is 2050. The molecule has 0 aromatic heterocycles. The normalized spacial score (nSPS) is 21.2. The first-order valence-electron chi connectivity index (χ1n) is 22.4. The molecule has 3 aromatic carbocycles. The van der Waals surface area contributed by atoms with E-state index in [4.69, 9.17) is 4.74 Å². The van der Waals surface area contributed by atoms with Crippen LogP contribution in [0.5, 0.6) is 0 Å². The second kappa shape index (κ2) is 19.7. The van der Waals surface area contributed by atoms with Crippen molar-refractivity contribution in [2.45, 2.75) is 129 Å². The van der Waals surface area contributed by atoms with Gasteiger partial charge in [0, 0.05) is 30.2 Å². The Kier molecular flexibility index (Phi) is 14.7. The fraction of sp³-hybridized carbons (Fsp3) is 0.531. The molecule has 5 amide bonds. The molecule has 3 aromatic rings. The van der Waals surface area contributed by atoms with Gasteiger partial charge in [-0.2, -0.15) is 0 Å². The molecule has 6 rings (SSSR count). The van der Waals surface area contributed by atoms with Crippen molar-refractivity contribution in [1.29, 1.82) is 0 Å².